The summed E-state index contributed by atoms with van der Waals surface area (Å²) >= 11 is 0. The minimum atomic E-state index is -1.18. The predicted molar refractivity (Wildman–Crippen MR) is 146 cm³/mol. The number of carbonyl (C=O) groups excluding carboxylic acids is 3. The van der Waals surface area contributed by atoms with Crippen LogP contribution in [-0.2, 0) is 19.1 Å². The van der Waals surface area contributed by atoms with Crippen LogP contribution >= 0.6 is 0 Å². The number of anilines is 2. The first-order valence-electron chi connectivity index (χ1n) is 13.6. The van der Waals surface area contributed by atoms with Gasteiger partial charge < -0.3 is 30.1 Å². The lowest BCUT2D eigenvalue weighted by molar-refractivity contribution is -0.144. The number of para-hydroxylation sites is 1. The maximum Gasteiger partial charge on any atom is 0.250 e. The molecule has 39 heavy (non-hydrogen) atoms. The number of hydrogen-bond acceptors (Lipinski definition) is 6. The second kappa shape index (κ2) is 9.95. The Bertz CT molecular complexity index is 1280. The van der Waals surface area contributed by atoms with Crippen molar-refractivity contribution in [2.24, 2.45) is 17.8 Å². The van der Waals surface area contributed by atoms with E-state index in [0.717, 1.165) is 11.1 Å². The van der Waals surface area contributed by atoms with Gasteiger partial charge in [-0.3, -0.25) is 14.4 Å². The minimum absolute atomic E-state index is 0.0242. The van der Waals surface area contributed by atoms with Crippen LogP contribution in [0, 0.1) is 31.6 Å². The summed E-state index contributed by atoms with van der Waals surface area (Å²) < 4.78 is 12.2. The van der Waals surface area contributed by atoms with E-state index in [4.69, 9.17) is 9.47 Å². The summed E-state index contributed by atoms with van der Waals surface area (Å²) in [6.07, 6.45) is 0.458. The molecule has 1 spiro atoms. The van der Waals surface area contributed by atoms with E-state index in [1.165, 1.54) is 4.90 Å². The third-order valence-electron chi connectivity index (χ3n) is 8.85. The number of likely N-dealkylation sites (tertiary alicyclic amines) is 1. The molecule has 3 amide bonds. The monoisotopic (exact) mass is 535 g/mol. The number of ether oxygens (including phenoxy) is 2. The Balaban J connectivity index is 1.49. The summed E-state index contributed by atoms with van der Waals surface area (Å²) in [6.45, 7) is 9.81. The standard InChI is InChI=1S/C30H37N3O6/c1-6-38-21-12-10-20(11-13-21)31-26(35)22-23-28(37)33(14-15-34)25(30(23)16-19(4)29(22,5)39-30)27(36)32-24-17(2)8-7-9-18(24)3/h7-13,19,22-23,25,34H,6,14-16H2,1-5H3,(H,31,35)(H,32,36)/t19?,22-,23-,25?,29+,30?/m0/s1. The number of nitrogens with zero attached hydrogens (tertiary/aromatic N) is 1. The lowest BCUT2D eigenvalue weighted by Crippen LogP contribution is -2.54. The first-order chi connectivity index (χ1) is 18.6. The largest absolute Gasteiger partial charge is 0.494 e. The van der Waals surface area contributed by atoms with E-state index in [1.807, 2.05) is 52.8 Å². The minimum Gasteiger partial charge on any atom is -0.494 e. The van der Waals surface area contributed by atoms with E-state index < -0.39 is 29.1 Å². The highest BCUT2D eigenvalue weighted by atomic mass is 16.5. The van der Waals surface area contributed by atoms with Crippen LogP contribution in [0.5, 0.6) is 5.75 Å². The van der Waals surface area contributed by atoms with Crippen molar-refractivity contribution in [3.63, 3.8) is 0 Å². The molecule has 2 aromatic rings. The molecule has 3 fully saturated rings. The highest BCUT2D eigenvalue weighted by molar-refractivity contribution is 6.05. The molecule has 3 heterocycles. The number of aliphatic hydroxyl groups is 1. The fraction of sp³-hybridized carbons (Fsp3) is 0.500. The van der Waals surface area contributed by atoms with E-state index in [1.54, 1.807) is 24.3 Å². The van der Waals surface area contributed by atoms with Gasteiger partial charge >= 0.3 is 0 Å². The van der Waals surface area contributed by atoms with Crippen LogP contribution in [0.2, 0.25) is 0 Å². The van der Waals surface area contributed by atoms with Gasteiger partial charge in [0.15, 0.2) is 0 Å². The van der Waals surface area contributed by atoms with Crippen molar-refractivity contribution in [2.45, 2.75) is 58.3 Å². The van der Waals surface area contributed by atoms with Crippen LogP contribution in [-0.4, -0.2) is 64.7 Å². The molecule has 3 aliphatic rings. The molecular formula is C30H37N3O6. The van der Waals surface area contributed by atoms with Gasteiger partial charge in [0, 0.05) is 17.9 Å². The highest BCUT2D eigenvalue weighted by Crippen LogP contribution is 2.65. The van der Waals surface area contributed by atoms with Crippen LogP contribution < -0.4 is 15.4 Å². The lowest BCUT2D eigenvalue weighted by Gasteiger charge is -2.36. The molecule has 0 aliphatic carbocycles. The van der Waals surface area contributed by atoms with Gasteiger partial charge in [0.1, 0.15) is 17.4 Å². The van der Waals surface area contributed by atoms with Gasteiger partial charge in [-0.1, -0.05) is 25.1 Å². The molecule has 2 aromatic carbocycles. The molecule has 3 aliphatic heterocycles. The zero-order valence-corrected chi connectivity index (χ0v) is 23.1. The number of fused-ring (bicyclic) bond motifs is 1. The Kier molecular flexibility index (Phi) is 6.93. The van der Waals surface area contributed by atoms with Crippen LogP contribution in [0.15, 0.2) is 42.5 Å². The first kappa shape index (κ1) is 27.1. The van der Waals surface area contributed by atoms with Crippen molar-refractivity contribution in [2.75, 3.05) is 30.4 Å². The number of aliphatic hydroxyl groups excluding tert-OH is 1. The highest BCUT2D eigenvalue weighted by Gasteiger charge is 2.79. The fourth-order valence-electron chi connectivity index (χ4n) is 7.01. The SMILES string of the molecule is CCOc1ccc(NC(=O)[C@@H]2[C@H]3C(=O)N(CCO)C(C(=O)Nc4c(C)cccc4C)C34CC(C)[C@@]2(C)O4)cc1. The third kappa shape index (κ3) is 4.19. The van der Waals surface area contributed by atoms with Gasteiger partial charge in [0.2, 0.25) is 17.7 Å². The number of nitrogens with one attached hydrogen (secondary N) is 2. The maximum atomic E-state index is 14.0. The lowest BCUT2D eigenvalue weighted by atomic mass is 9.62. The van der Waals surface area contributed by atoms with Crippen molar-refractivity contribution >= 4 is 29.1 Å². The maximum absolute atomic E-state index is 14.0. The van der Waals surface area contributed by atoms with E-state index in [-0.39, 0.29) is 36.8 Å². The van der Waals surface area contributed by atoms with Crippen molar-refractivity contribution in [1.82, 2.24) is 4.90 Å². The number of hydrogen-bond donors (Lipinski definition) is 3. The molecule has 9 heteroatoms. The number of aryl methyl sites for hydroxylation is 2. The summed E-state index contributed by atoms with van der Waals surface area (Å²) in [7, 11) is 0. The second-order valence-electron chi connectivity index (χ2n) is 11.2. The average Bonchev–Trinajstić information content (AvgIpc) is 3.40. The van der Waals surface area contributed by atoms with Crippen molar-refractivity contribution in [3.05, 3.63) is 53.6 Å². The third-order valence-corrected chi connectivity index (χ3v) is 8.85. The van der Waals surface area contributed by atoms with Gasteiger partial charge in [-0.05, 0) is 75.4 Å². The topological polar surface area (TPSA) is 117 Å². The van der Waals surface area contributed by atoms with Gasteiger partial charge in [0.25, 0.3) is 0 Å². The van der Waals surface area contributed by atoms with Crippen LogP contribution in [0.4, 0.5) is 11.4 Å². The molecule has 0 saturated carbocycles. The molecule has 5 rings (SSSR count). The Morgan fingerprint density at radius 3 is 2.38 bits per heavy atom. The molecule has 2 bridgehead atoms. The number of carbonyl (C=O) groups is 3. The smallest absolute Gasteiger partial charge is 0.250 e. The molecular weight excluding hydrogens is 498 g/mol. The molecule has 9 nitrogen and oxygen atoms in total. The van der Waals surface area contributed by atoms with E-state index >= 15 is 0 Å². The Hall–Kier alpha value is -3.43. The van der Waals surface area contributed by atoms with Gasteiger partial charge in [0.05, 0.1) is 30.7 Å². The number of β-amino-alcohol motifs (C(OH)–C–C–N with tert-alkyl or cyclic N) is 1. The molecule has 6 atom stereocenters. The summed E-state index contributed by atoms with van der Waals surface area (Å²) in [5.41, 5.74) is 0.967. The number of rotatable bonds is 8. The van der Waals surface area contributed by atoms with Gasteiger partial charge in [-0.15, -0.1) is 0 Å². The van der Waals surface area contributed by atoms with Crippen LogP contribution in [0.3, 0.4) is 0 Å². The average molecular weight is 536 g/mol. The molecule has 0 aromatic heterocycles. The molecule has 0 radical (unpaired) electrons. The van der Waals surface area contributed by atoms with E-state index in [0.29, 0.717) is 30.2 Å². The Labute approximate surface area is 228 Å². The predicted octanol–water partition coefficient (Wildman–Crippen LogP) is 3.28. The number of amides is 3. The second-order valence-corrected chi connectivity index (χ2v) is 11.2. The Morgan fingerprint density at radius 2 is 1.77 bits per heavy atom. The molecule has 208 valence electrons. The van der Waals surface area contributed by atoms with Crippen LogP contribution in [0.1, 0.15) is 38.3 Å². The van der Waals surface area contributed by atoms with E-state index in [2.05, 4.69) is 10.6 Å². The zero-order valence-electron chi connectivity index (χ0n) is 23.1. The zero-order chi connectivity index (χ0) is 28.1. The van der Waals surface area contributed by atoms with Crippen LogP contribution in [0.25, 0.3) is 0 Å². The molecule has 3 N–H and O–H groups in total. The van der Waals surface area contributed by atoms with Crippen molar-refractivity contribution in [1.29, 1.82) is 0 Å². The quantitative estimate of drug-likeness (QED) is 0.478. The van der Waals surface area contributed by atoms with Gasteiger partial charge in [-0.25, -0.2) is 0 Å². The Morgan fingerprint density at radius 1 is 1.10 bits per heavy atom. The van der Waals surface area contributed by atoms with E-state index in [9.17, 15) is 19.5 Å². The number of benzene rings is 2. The van der Waals surface area contributed by atoms with Gasteiger partial charge in [-0.2, -0.15) is 0 Å². The first-order valence-corrected chi connectivity index (χ1v) is 13.6. The summed E-state index contributed by atoms with van der Waals surface area (Å²) in [4.78, 5) is 43.1. The van der Waals surface area contributed by atoms with Crippen molar-refractivity contribution in [3.8, 4) is 5.75 Å². The molecule has 3 unspecified atom stereocenters. The molecule has 3 saturated heterocycles. The fourth-order valence-corrected chi connectivity index (χ4v) is 7.01. The normalized spacial score (nSPS) is 30.8. The summed E-state index contributed by atoms with van der Waals surface area (Å²) in [5, 5.41) is 15.8. The summed E-state index contributed by atoms with van der Waals surface area (Å²) in [5.74, 6) is -2.08. The van der Waals surface area contributed by atoms with Crippen molar-refractivity contribution < 1.29 is 29.0 Å². The summed E-state index contributed by atoms with van der Waals surface area (Å²) in [6, 6.07) is 11.8.